The normalized spacial score (nSPS) is 14.4. The molecule has 2 atom stereocenters. The van der Waals surface area contributed by atoms with Crippen LogP contribution >= 0.6 is 34.2 Å². The van der Waals surface area contributed by atoms with Gasteiger partial charge in [-0.15, -0.1) is 0 Å². The molecule has 5 heteroatoms. The molecule has 0 aliphatic heterocycles. The van der Waals surface area contributed by atoms with Crippen molar-refractivity contribution < 1.29 is 0 Å². The lowest BCUT2D eigenvalue weighted by molar-refractivity contribution is 0.424. The quantitative estimate of drug-likeness (QED) is 0.832. The van der Waals surface area contributed by atoms with E-state index in [9.17, 15) is 0 Å². The van der Waals surface area contributed by atoms with E-state index in [2.05, 4.69) is 34.6 Å². The fourth-order valence-corrected chi connectivity index (χ4v) is 2.48. The van der Waals surface area contributed by atoms with Crippen molar-refractivity contribution in [2.45, 2.75) is 25.4 Å². The molecule has 0 saturated heterocycles. The monoisotopic (exact) mass is 375 g/mol. The molecule has 0 aliphatic rings. The van der Waals surface area contributed by atoms with E-state index in [0.29, 0.717) is 0 Å². The topological polar surface area (TPSA) is 43.8 Å². The Morgan fingerprint density at radius 3 is 2.56 bits per heavy atom. The summed E-state index contributed by atoms with van der Waals surface area (Å²) in [5, 5.41) is 5.11. The largest absolute Gasteiger partial charge is 0.326 e. The maximum atomic E-state index is 6.23. The van der Waals surface area contributed by atoms with E-state index in [1.807, 2.05) is 41.3 Å². The lowest BCUT2D eigenvalue weighted by Crippen LogP contribution is -2.32. The molecule has 1 aromatic carbocycles. The first-order chi connectivity index (χ1) is 8.61. The SMILES string of the molecule is CCC(N)C(c1ccc(Cl)cc1)n1cc(I)cn1. The lowest BCUT2D eigenvalue weighted by Gasteiger charge is -2.24. The predicted octanol–water partition coefficient (Wildman–Crippen LogP) is 3.47. The molecule has 1 aromatic heterocycles. The van der Waals surface area contributed by atoms with E-state index in [0.717, 1.165) is 20.6 Å². The van der Waals surface area contributed by atoms with Crippen molar-refractivity contribution in [1.82, 2.24) is 9.78 Å². The highest BCUT2D eigenvalue weighted by Crippen LogP contribution is 2.24. The molecule has 2 aromatic rings. The summed E-state index contributed by atoms with van der Waals surface area (Å²) in [7, 11) is 0. The summed E-state index contributed by atoms with van der Waals surface area (Å²) in [6.45, 7) is 2.09. The summed E-state index contributed by atoms with van der Waals surface area (Å²) in [4.78, 5) is 0. The van der Waals surface area contributed by atoms with Gasteiger partial charge in [-0.3, -0.25) is 4.68 Å². The molecule has 3 nitrogen and oxygen atoms in total. The van der Waals surface area contributed by atoms with Crippen molar-refractivity contribution >= 4 is 34.2 Å². The molecule has 0 amide bonds. The van der Waals surface area contributed by atoms with E-state index in [1.165, 1.54) is 0 Å². The van der Waals surface area contributed by atoms with Crippen LogP contribution in [0.1, 0.15) is 24.9 Å². The standard InChI is InChI=1S/C13H15ClIN3/c1-2-12(16)13(18-8-11(15)7-17-18)9-3-5-10(14)6-4-9/h3-8,12-13H,2,16H2,1H3. The third kappa shape index (κ3) is 3.05. The number of halogens is 2. The van der Waals surface area contributed by atoms with Crippen LogP contribution in [0.25, 0.3) is 0 Å². The molecule has 0 spiro atoms. The van der Waals surface area contributed by atoms with Crippen LogP contribution in [0, 0.1) is 3.57 Å². The lowest BCUT2D eigenvalue weighted by atomic mass is 9.98. The number of nitrogens with two attached hydrogens (primary N) is 1. The van der Waals surface area contributed by atoms with Crippen molar-refractivity contribution in [3.8, 4) is 0 Å². The van der Waals surface area contributed by atoms with Crippen LogP contribution in [-0.4, -0.2) is 15.8 Å². The molecular weight excluding hydrogens is 361 g/mol. The molecule has 0 radical (unpaired) electrons. The summed E-state index contributed by atoms with van der Waals surface area (Å²) < 4.78 is 3.04. The van der Waals surface area contributed by atoms with Gasteiger partial charge < -0.3 is 5.73 Å². The van der Waals surface area contributed by atoms with Gasteiger partial charge in [-0.25, -0.2) is 0 Å². The molecular formula is C13H15ClIN3. The summed E-state index contributed by atoms with van der Waals surface area (Å²) in [5.74, 6) is 0. The molecule has 0 aliphatic carbocycles. The maximum absolute atomic E-state index is 6.23. The average Bonchev–Trinajstić information content (AvgIpc) is 2.78. The number of nitrogens with zero attached hydrogens (tertiary/aromatic N) is 2. The Labute approximate surface area is 125 Å². The Kier molecular flexibility index (Phi) is 4.64. The number of hydrogen-bond donors (Lipinski definition) is 1. The number of benzene rings is 1. The highest BCUT2D eigenvalue weighted by atomic mass is 127. The van der Waals surface area contributed by atoms with Gasteiger partial charge in [0.15, 0.2) is 0 Å². The van der Waals surface area contributed by atoms with E-state index < -0.39 is 0 Å². The van der Waals surface area contributed by atoms with Crippen LogP contribution in [-0.2, 0) is 0 Å². The van der Waals surface area contributed by atoms with E-state index in [4.69, 9.17) is 17.3 Å². The summed E-state index contributed by atoms with van der Waals surface area (Å²) in [5.41, 5.74) is 7.36. The van der Waals surface area contributed by atoms with Crippen molar-refractivity contribution in [1.29, 1.82) is 0 Å². The Balaban J connectivity index is 2.39. The van der Waals surface area contributed by atoms with Gasteiger partial charge in [-0.1, -0.05) is 30.7 Å². The zero-order valence-corrected chi connectivity index (χ0v) is 13.0. The van der Waals surface area contributed by atoms with Gasteiger partial charge in [0.2, 0.25) is 0 Å². The molecule has 0 bridgehead atoms. The van der Waals surface area contributed by atoms with E-state index in [1.54, 1.807) is 0 Å². The van der Waals surface area contributed by atoms with Gasteiger partial charge in [-0.05, 0) is 46.7 Å². The zero-order chi connectivity index (χ0) is 13.1. The number of hydrogen-bond acceptors (Lipinski definition) is 2. The maximum Gasteiger partial charge on any atom is 0.0919 e. The highest BCUT2D eigenvalue weighted by molar-refractivity contribution is 14.1. The number of rotatable bonds is 4. The predicted molar refractivity (Wildman–Crippen MR) is 82.8 cm³/mol. The first-order valence-electron chi connectivity index (χ1n) is 5.82. The van der Waals surface area contributed by atoms with Crippen LogP contribution in [0.3, 0.4) is 0 Å². The Hall–Kier alpha value is -0.590. The summed E-state index contributed by atoms with van der Waals surface area (Å²) in [6, 6.07) is 7.88. The zero-order valence-electron chi connectivity index (χ0n) is 10.1. The molecule has 2 rings (SSSR count). The average molecular weight is 376 g/mol. The molecule has 2 N–H and O–H groups in total. The Morgan fingerprint density at radius 2 is 2.06 bits per heavy atom. The molecule has 18 heavy (non-hydrogen) atoms. The van der Waals surface area contributed by atoms with Crippen molar-refractivity contribution in [2.75, 3.05) is 0 Å². The summed E-state index contributed by atoms with van der Waals surface area (Å²) in [6.07, 6.45) is 4.74. The van der Waals surface area contributed by atoms with Crippen LogP contribution < -0.4 is 5.73 Å². The smallest absolute Gasteiger partial charge is 0.0919 e. The molecule has 2 unspecified atom stereocenters. The minimum absolute atomic E-state index is 0.0295. The molecule has 0 saturated carbocycles. The fraction of sp³-hybridized carbons (Fsp3) is 0.308. The van der Waals surface area contributed by atoms with E-state index >= 15 is 0 Å². The Morgan fingerprint density at radius 1 is 1.39 bits per heavy atom. The van der Waals surface area contributed by atoms with Crippen LogP contribution in [0.2, 0.25) is 5.02 Å². The van der Waals surface area contributed by atoms with Gasteiger partial charge in [0.25, 0.3) is 0 Å². The third-order valence-electron chi connectivity index (χ3n) is 2.94. The minimum atomic E-state index is 0.0295. The first kappa shape index (κ1) is 13.8. The molecule has 0 fully saturated rings. The van der Waals surface area contributed by atoms with Gasteiger partial charge in [0, 0.05) is 17.3 Å². The fourth-order valence-electron chi connectivity index (χ4n) is 1.95. The second-order valence-corrected chi connectivity index (χ2v) is 5.89. The van der Waals surface area contributed by atoms with Crippen molar-refractivity contribution in [3.63, 3.8) is 0 Å². The van der Waals surface area contributed by atoms with Gasteiger partial charge in [0.05, 0.1) is 15.8 Å². The van der Waals surface area contributed by atoms with Crippen LogP contribution in [0.4, 0.5) is 0 Å². The second kappa shape index (κ2) is 6.04. The summed E-state index contributed by atoms with van der Waals surface area (Å²) >= 11 is 8.17. The Bertz CT molecular complexity index is 509. The second-order valence-electron chi connectivity index (χ2n) is 4.21. The first-order valence-corrected chi connectivity index (χ1v) is 7.28. The van der Waals surface area contributed by atoms with Crippen molar-refractivity contribution in [3.05, 3.63) is 50.8 Å². The molecule has 96 valence electrons. The van der Waals surface area contributed by atoms with E-state index in [-0.39, 0.29) is 12.1 Å². The van der Waals surface area contributed by atoms with Crippen LogP contribution in [0.5, 0.6) is 0 Å². The third-order valence-corrected chi connectivity index (χ3v) is 3.75. The molecule has 1 heterocycles. The van der Waals surface area contributed by atoms with Crippen LogP contribution in [0.15, 0.2) is 36.7 Å². The van der Waals surface area contributed by atoms with Crippen molar-refractivity contribution in [2.24, 2.45) is 5.73 Å². The highest BCUT2D eigenvalue weighted by Gasteiger charge is 2.21. The minimum Gasteiger partial charge on any atom is -0.326 e. The van der Waals surface area contributed by atoms with Gasteiger partial charge in [0.1, 0.15) is 0 Å². The van der Waals surface area contributed by atoms with Gasteiger partial charge in [-0.2, -0.15) is 5.10 Å². The number of aromatic nitrogens is 2. The van der Waals surface area contributed by atoms with Gasteiger partial charge >= 0.3 is 0 Å².